The molecule has 0 saturated heterocycles. The lowest BCUT2D eigenvalue weighted by atomic mass is 10.0. The van der Waals surface area contributed by atoms with E-state index < -0.39 is 10.0 Å². The van der Waals surface area contributed by atoms with Gasteiger partial charge in [-0.1, -0.05) is 41.9 Å². The molecule has 0 radical (unpaired) electrons. The van der Waals surface area contributed by atoms with E-state index in [0.29, 0.717) is 15.6 Å². The number of nitrogens with one attached hydrogen (secondary N) is 1. The largest absolute Gasteiger partial charge is 0.240 e. The van der Waals surface area contributed by atoms with Crippen LogP contribution >= 0.6 is 15.9 Å². The smallest absolute Gasteiger partial charge is 0.208 e. The lowest BCUT2D eigenvalue weighted by Gasteiger charge is -2.14. The van der Waals surface area contributed by atoms with Gasteiger partial charge in [0.25, 0.3) is 0 Å². The van der Waals surface area contributed by atoms with E-state index in [1.807, 2.05) is 12.1 Å². The third-order valence-corrected chi connectivity index (χ3v) is 6.20. The fourth-order valence-electron chi connectivity index (χ4n) is 1.75. The Balaban J connectivity index is 2.05. The quantitative estimate of drug-likeness (QED) is 0.805. The van der Waals surface area contributed by atoms with Crippen LogP contribution in [0.2, 0.25) is 0 Å². The number of alkyl halides is 1. The molecule has 0 heterocycles. The van der Waals surface area contributed by atoms with Gasteiger partial charge in [0, 0.05) is 10.9 Å². The van der Waals surface area contributed by atoms with E-state index in [-0.39, 0.29) is 6.04 Å². The van der Waals surface area contributed by atoms with Crippen molar-refractivity contribution in [3.05, 3.63) is 29.8 Å². The van der Waals surface area contributed by atoms with Gasteiger partial charge in [0.2, 0.25) is 10.0 Å². The fourth-order valence-corrected chi connectivity index (χ4v) is 3.43. The van der Waals surface area contributed by atoms with E-state index in [9.17, 15) is 8.42 Å². The van der Waals surface area contributed by atoms with Crippen LogP contribution < -0.4 is 4.72 Å². The van der Waals surface area contributed by atoms with E-state index in [1.54, 1.807) is 12.1 Å². The molecule has 5 heteroatoms. The minimum atomic E-state index is -3.32. The number of hydrogen-bond donors (Lipinski definition) is 1. The molecule has 19 heavy (non-hydrogen) atoms. The molecule has 2 rings (SSSR count). The average molecular weight is 346 g/mol. The molecular weight excluding hydrogens is 326 g/mol. The second-order valence-corrected chi connectivity index (χ2v) is 8.39. The fraction of sp³-hybridized carbons (Fsp3) is 0.571. The van der Waals surface area contributed by atoms with Crippen molar-refractivity contribution in [3.8, 4) is 0 Å². The summed E-state index contributed by atoms with van der Waals surface area (Å²) in [6.07, 6.45) is 2.82. The van der Waals surface area contributed by atoms with Crippen molar-refractivity contribution in [2.24, 2.45) is 5.92 Å². The van der Waals surface area contributed by atoms with E-state index in [4.69, 9.17) is 0 Å². The van der Waals surface area contributed by atoms with E-state index in [2.05, 4.69) is 34.5 Å². The van der Waals surface area contributed by atoms with Gasteiger partial charge >= 0.3 is 0 Å². The highest BCUT2D eigenvalue weighted by Crippen LogP contribution is 2.23. The molecular formula is C14H20BrNO2S. The number of sulfonamides is 1. The highest BCUT2D eigenvalue weighted by atomic mass is 79.9. The molecule has 0 bridgehead atoms. The van der Waals surface area contributed by atoms with Crippen molar-refractivity contribution in [3.63, 3.8) is 0 Å². The maximum Gasteiger partial charge on any atom is 0.240 e. The highest BCUT2D eigenvalue weighted by Gasteiger charge is 2.27. The predicted molar refractivity (Wildman–Crippen MR) is 81.0 cm³/mol. The standard InChI is InChI=1S/C14H20BrNO2S/c1-10(2)14(15)9-11-3-7-13(8-4-11)19(17,18)16-12-5-6-12/h3-4,7-8,10,12,14,16H,5-6,9H2,1-2H3. The molecule has 1 N–H and O–H groups in total. The zero-order chi connectivity index (χ0) is 14.0. The first kappa shape index (κ1) is 15.0. The number of rotatable bonds is 6. The molecule has 1 saturated carbocycles. The van der Waals surface area contributed by atoms with Crippen LogP contribution in [-0.4, -0.2) is 19.3 Å². The van der Waals surface area contributed by atoms with Crippen LogP contribution in [0.1, 0.15) is 32.3 Å². The summed E-state index contributed by atoms with van der Waals surface area (Å²) in [5.74, 6) is 0.556. The Labute approximate surface area is 124 Å². The van der Waals surface area contributed by atoms with Gasteiger partial charge in [-0.15, -0.1) is 0 Å². The van der Waals surface area contributed by atoms with Crippen molar-refractivity contribution in [2.45, 2.75) is 48.9 Å². The Morgan fingerprint density at radius 2 is 1.84 bits per heavy atom. The second-order valence-electron chi connectivity index (χ2n) is 5.50. The second kappa shape index (κ2) is 5.94. The molecule has 1 fully saturated rings. The summed E-state index contributed by atoms with van der Waals surface area (Å²) in [6, 6.07) is 7.34. The third kappa shape index (κ3) is 4.29. The summed E-state index contributed by atoms with van der Waals surface area (Å²) < 4.78 is 26.7. The summed E-state index contributed by atoms with van der Waals surface area (Å²) in [7, 11) is -3.32. The zero-order valence-electron chi connectivity index (χ0n) is 11.3. The lowest BCUT2D eigenvalue weighted by molar-refractivity contribution is 0.581. The van der Waals surface area contributed by atoms with Gasteiger partial charge in [-0.3, -0.25) is 0 Å². The first-order chi connectivity index (χ1) is 8.88. The molecule has 3 nitrogen and oxygen atoms in total. The summed E-state index contributed by atoms with van der Waals surface area (Å²) in [5, 5.41) is 0. The molecule has 0 aliphatic heterocycles. The Morgan fingerprint density at radius 3 is 2.32 bits per heavy atom. The molecule has 1 aromatic rings. The number of halogens is 1. The summed E-state index contributed by atoms with van der Waals surface area (Å²) in [4.78, 5) is 0.776. The monoisotopic (exact) mass is 345 g/mol. The molecule has 0 aromatic heterocycles. The van der Waals surface area contributed by atoms with Gasteiger partial charge in [0.1, 0.15) is 0 Å². The first-order valence-corrected chi connectivity index (χ1v) is 9.04. The Bertz CT molecular complexity index is 521. The molecule has 1 aromatic carbocycles. The highest BCUT2D eigenvalue weighted by molar-refractivity contribution is 9.09. The molecule has 1 unspecified atom stereocenters. The maximum atomic E-state index is 12.0. The van der Waals surface area contributed by atoms with Crippen LogP contribution in [0.25, 0.3) is 0 Å². The molecule has 106 valence electrons. The van der Waals surface area contributed by atoms with E-state index >= 15 is 0 Å². The number of benzene rings is 1. The van der Waals surface area contributed by atoms with Crippen molar-refractivity contribution < 1.29 is 8.42 Å². The molecule has 1 aliphatic rings. The van der Waals surface area contributed by atoms with Crippen LogP contribution in [0.3, 0.4) is 0 Å². The van der Waals surface area contributed by atoms with Crippen LogP contribution in [0.5, 0.6) is 0 Å². The normalized spacial score (nSPS) is 17.7. The van der Waals surface area contributed by atoms with E-state index in [1.165, 1.54) is 0 Å². The summed E-state index contributed by atoms with van der Waals surface area (Å²) in [6.45, 7) is 4.33. The Hall–Kier alpha value is -0.390. The molecule has 0 amide bonds. The summed E-state index contributed by atoms with van der Waals surface area (Å²) >= 11 is 3.65. The molecule has 1 aliphatic carbocycles. The summed E-state index contributed by atoms with van der Waals surface area (Å²) in [5.41, 5.74) is 1.15. The van der Waals surface area contributed by atoms with Crippen LogP contribution in [0.4, 0.5) is 0 Å². The zero-order valence-corrected chi connectivity index (χ0v) is 13.7. The minimum absolute atomic E-state index is 0.150. The van der Waals surface area contributed by atoms with Gasteiger partial charge in [-0.05, 0) is 42.9 Å². The average Bonchev–Trinajstić information content (AvgIpc) is 3.12. The van der Waals surface area contributed by atoms with Crippen LogP contribution in [-0.2, 0) is 16.4 Å². The van der Waals surface area contributed by atoms with Crippen molar-refractivity contribution in [2.75, 3.05) is 0 Å². The topological polar surface area (TPSA) is 46.2 Å². The maximum absolute atomic E-state index is 12.0. The van der Waals surface area contributed by atoms with Crippen molar-refractivity contribution in [1.29, 1.82) is 0 Å². The minimum Gasteiger partial charge on any atom is -0.208 e. The SMILES string of the molecule is CC(C)C(Br)Cc1ccc(S(=O)(=O)NC2CC2)cc1. The van der Waals surface area contributed by atoms with Crippen LogP contribution in [0, 0.1) is 5.92 Å². The Morgan fingerprint density at radius 1 is 1.26 bits per heavy atom. The third-order valence-electron chi connectivity index (χ3n) is 3.29. The predicted octanol–water partition coefficient (Wildman–Crippen LogP) is 3.09. The molecule has 1 atom stereocenters. The van der Waals surface area contributed by atoms with Crippen LogP contribution in [0.15, 0.2) is 29.2 Å². The van der Waals surface area contributed by atoms with Gasteiger partial charge in [-0.25, -0.2) is 13.1 Å². The van der Waals surface area contributed by atoms with E-state index in [0.717, 1.165) is 24.8 Å². The van der Waals surface area contributed by atoms with Gasteiger partial charge < -0.3 is 0 Å². The molecule has 0 spiro atoms. The number of hydrogen-bond acceptors (Lipinski definition) is 2. The van der Waals surface area contributed by atoms with Crippen molar-refractivity contribution >= 4 is 26.0 Å². The van der Waals surface area contributed by atoms with Gasteiger partial charge in [0.05, 0.1) is 4.90 Å². The lowest BCUT2D eigenvalue weighted by Crippen LogP contribution is -2.25. The van der Waals surface area contributed by atoms with Gasteiger partial charge in [-0.2, -0.15) is 0 Å². The van der Waals surface area contributed by atoms with Gasteiger partial charge in [0.15, 0.2) is 0 Å². The van der Waals surface area contributed by atoms with Crippen molar-refractivity contribution in [1.82, 2.24) is 4.72 Å². The first-order valence-electron chi connectivity index (χ1n) is 6.64. The Kier molecular flexibility index (Phi) is 4.69.